The number of anilines is 1. The van der Waals surface area contributed by atoms with Crippen molar-refractivity contribution in [2.24, 2.45) is 5.92 Å². The minimum absolute atomic E-state index is 0.0238. The molecule has 3 rings (SSSR count). The minimum atomic E-state index is -3.67. The standard InChI is InChI=1S/C33H42ClN3O5S/c1-5-42-31-19-12-11-18-29(31)37(43(4,40)41)21-13-20-32(38)36(24-27-16-9-10-17-28(27)34)30(33(39)35-23-25(2)3)22-26-14-7-6-8-15-26/h6-12,14-19,25,30H,5,13,20-24H2,1-4H3,(H,35,39). The second-order valence-corrected chi connectivity index (χ2v) is 13.1. The highest BCUT2D eigenvalue weighted by Crippen LogP contribution is 2.30. The third kappa shape index (κ3) is 10.3. The zero-order chi connectivity index (χ0) is 31.4. The number of halogens is 1. The van der Waals surface area contributed by atoms with Crippen LogP contribution < -0.4 is 14.4 Å². The van der Waals surface area contributed by atoms with Crippen LogP contribution in [0, 0.1) is 5.92 Å². The van der Waals surface area contributed by atoms with E-state index < -0.39 is 16.1 Å². The molecule has 1 N–H and O–H groups in total. The van der Waals surface area contributed by atoms with Crippen LogP contribution in [0.2, 0.25) is 5.02 Å². The average Bonchev–Trinajstić information content (AvgIpc) is 2.97. The molecule has 0 spiro atoms. The van der Waals surface area contributed by atoms with Crippen LogP contribution in [-0.2, 0) is 32.6 Å². The van der Waals surface area contributed by atoms with Crippen LogP contribution in [0.3, 0.4) is 0 Å². The van der Waals surface area contributed by atoms with Gasteiger partial charge in [-0.2, -0.15) is 0 Å². The van der Waals surface area contributed by atoms with Crippen molar-refractivity contribution in [3.8, 4) is 5.75 Å². The molecular weight excluding hydrogens is 586 g/mol. The summed E-state index contributed by atoms with van der Waals surface area (Å²) in [6, 6.07) is 23.0. The first-order valence-corrected chi connectivity index (χ1v) is 16.8. The summed E-state index contributed by atoms with van der Waals surface area (Å²) in [6.45, 7) is 6.90. The molecule has 3 aromatic carbocycles. The first kappa shape index (κ1) is 33.9. The molecule has 0 aliphatic heterocycles. The Kier molecular flexibility index (Phi) is 12.9. The zero-order valence-electron chi connectivity index (χ0n) is 25.3. The van der Waals surface area contributed by atoms with E-state index in [4.69, 9.17) is 16.3 Å². The van der Waals surface area contributed by atoms with Gasteiger partial charge in [0.2, 0.25) is 21.8 Å². The van der Waals surface area contributed by atoms with Crippen molar-refractivity contribution >= 4 is 39.1 Å². The van der Waals surface area contributed by atoms with Gasteiger partial charge in [-0.3, -0.25) is 13.9 Å². The summed E-state index contributed by atoms with van der Waals surface area (Å²) in [5, 5.41) is 3.50. The van der Waals surface area contributed by atoms with E-state index in [-0.39, 0.29) is 43.7 Å². The van der Waals surface area contributed by atoms with Crippen molar-refractivity contribution in [2.75, 3.05) is 30.3 Å². The van der Waals surface area contributed by atoms with E-state index in [1.165, 1.54) is 4.31 Å². The first-order chi connectivity index (χ1) is 20.5. The Labute approximate surface area is 261 Å². The van der Waals surface area contributed by atoms with Crippen LogP contribution >= 0.6 is 11.6 Å². The topological polar surface area (TPSA) is 96.0 Å². The fourth-order valence-electron chi connectivity index (χ4n) is 4.71. The van der Waals surface area contributed by atoms with E-state index in [1.54, 1.807) is 35.2 Å². The lowest BCUT2D eigenvalue weighted by Crippen LogP contribution is -2.51. The molecule has 10 heteroatoms. The van der Waals surface area contributed by atoms with Gasteiger partial charge in [0, 0.05) is 37.5 Å². The van der Waals surface area contributed by atoms with Crippen LogP contribution in [0.4, 0.5) is 5.69 Å². The second kappa shape index (κ2) is 16.3. The molecule has 0 saturated carbocycles. The number of hydrogen-bond donors (Lipinski definition) is 1. The molecule has 43 heavy (non-hydrogen) atoms. The highest BCUT2D eigenvalue weighted by Gasteiger charge is 2.31. The van der Waals surface area contributed by atoms with Crippen LogP contribution in [0.5, 0.6) is 5.75 Å². The van der Waals surface area contributed by atoms with Crippen molar-refractivity contribution in [1.29, 1.82) is 0 Å². The van der Waals surface area contributed by atoms with Crippen LogP contribution in [0.15, 0.2) is 78.9 Å². The van der Waals surface area contributed by atoms with Gasteiger partial charge < -0.3 is 15.0 Å². The Balaban J connectivity index is 1.90. The fraction of sp³-hybridized carbons (Fsp3) is 0.394. The van der Waals surface area contributed by atoms with Crippen molar-refractivity contribution in [3.05, 3.63) is 95.0 Å². The lowest BCUT2D eigenvalue weighted by Gasteiger charge is -2.32. The molecule has 232 valence electrons. The number of nitrogens with one attached hydrogen (secondary N) is 1. The van der Waals surface area contributed by atoms with Crippen molar-refractivity contribution in [1.82, 2.24) is 10.2 Å². The molecule has 3 aromatic rings. The average molecular weight is 628 g/mol. The number of rotatable bonds is 16. The van der Waals surface area contributed by atoms with Gasteiger partial charge in [0.05, 0.1) is 18.6 Å². The smallest absolute Gasteiger partial charge is 0.243 e. The van der Waals surface area contributed by atoms with Crippen molar-refractivity contribution in [3.63, 3.8) is 0 Å². The lowest BCUT2D eigenvalue weighted by atomic mass is 10.0. The number of benzene rings is 3. The molecule has 0 fully saturated rings. The normalized spacial score (nSPS) is 12.0. The molecule has 0 aliphatic rings. The Hall–Kier alpha value is -3.56. The van der Waals surface area contributed by atoms with Gasteiger partial charge in [-0.1, -0.05) is 86.1 Å². The summed E-state index contributed by atoms with van der Waals surface area (Å²) in [4.78, 5) is 29.2. The van der Waals surface area contributed by atoms with Crippen LogP contribution in [0.1, 0.15) is 44.7 Å². The number of ether oxygens (including phenoxy) is 1. The highest BCUT2D eigenvalue weighted by atomic mass is 35.5. The monoisotopic (exact) mass is 627 g/mol. The van der Waals surface area contributed by atoms with Gasteiger partial charge in [-0.25, -0.2) is 8.42 Å². The van der Waals surface area contributed by atoms with E-state index in [1.807, 2.05) is 69.3 Å². The summed E-state index contributed by atoms with van der Waals surface area (Å²) in [7, 11) is -3.67. The predicted molar refractivity (Wildman–Crippen MR) is 173 cm³/mol. The maximum Gasteiger partial charge on any atom is 0.243 e. The van der Waals surface area contributed by atoms with Crippen LogP contribution in [0.25, 0.3) is 0 Å². The van der Waals surface area contributed by atoms with Crippen LogP contribution in [-0.4, -0.2) is 57.1 Å². The third-order valence-corrected chi connectivity index (χ3v) is 8.39. The zero-order valence-corrected chi connectivity index (χ0v) is 26.9. The van der Waals surface area contributed by atoms with Gasteiger partial charge in [-0.05, 0) is 48.6 Å². The number of para-hydroxylation sites is 2. The SMILES string of the molecule is CCOc1ccccc1N(CCCC(=O)N(Cc1ccccc1Cl)C(Cc1ccccc1)C(=O)NCC(C)C)S(C)(=O)=O. The van der Waals surface area contributed by atoms with Crippen molar-refractivity contribution < 1.29 is 22.7 Å². The Morgan fingerprint density at radius 2 is 1.60 bits per heavy atom. The van der Waals surface area contributed by atoms with Gasteiger partial charge in [-0.15, -0.1) is 0 Å². The Morgan fingerprint density at radius 1 is 0.953 bits per heavy atom. The number of nitrogens with zero attached hydrogens (tertiary/aromatic N) is 2. The molecular formula is C33H42ClN3O5S. The number of sulfonamides is 1. The third-order valence-electron chi connectivity index (χ3n) is 6.84. The fourth-order valence-corrected chi connectivity index (χ4v) is 5.87. The summed E-state index contributed by atoms with van der Waals surface area (Å²) in [6.07, 6.45) is 1.71. The molecule has 0 heterocycles. The second-order valence-electron chi connectivity index (χ2n) is 10.8. The summed E-state index contributed by atoms with van der Waals surface area (Å²) < 4.78 is 32.6. The van der Waals surface area contributed by atoms with Gasteiger partial charge in [0.25, 0.3) is 0 Å². The Morgan fingerprint density at radius 3 is 2.26 bits per heavy atom. The molecule has 0 radical (unpaired) electrons. The lowest BCUT2D eigenvalue weighted by molar-refractivity contribution is -0.141. The number of carbonyl (C=O) groups is 2. The van der Waals surface area contributed by atoms with Gasteiger partial charge >= 0.3 is 0 Å². The summed E-state index contributed by atoms with van der Waals surface area (Å²) in [5.41, 5.74) is 2.05. The minimum Gasteiger partial charge on any atom is -0.492 e. The molecule has 1 unspecified atom stereocenters. The molecule has 0 aromatic heterocycles. The van der Waals surface area contributed by atoms with Crippen molar-refractivity contribution in [2.45, 2.75) is 52.6 Å². The van der Waals surface area contributed by atoms with E-state index >= 15 is 0 Å². The predicted octanol–water partition coefficient (Wildman–Crippen LogP) is 5.70. The van der Waals surface area contributed by atoms with E-state index in [9.17, 15) is 18.0 Å². The molecule has 2 amide bonds. The maximum atomic E-state index is 14.0. The first-order valence-electron chi connectivity index (χ1n) is 14.5. The summed E-state index contributed by atoms with van der Waals surface area (Å²) in [5.74, 6) is 0.163. The number of carbonyl (C=O) groups excluding carboxylic acids is 2. The summed E-state index contributed by atoms with van der Waals surface area (Å²) >= 11 is 6.50. The van der Waals surface area contributed by atoms with Gasteiger partial charge in [0.1, 0.15) is 11.8 Å². The largest absolute Gasteiger partial charge is 0.492 e. The van der Waals surface area contributed by atoms with E-state index in [0.717, 1.165) is 17.4 Å². The van der Waals surface area contributed by atoms with E-state index in [2.05, 4.69) is 5.32 Å². The molecule has 0 saturated heterocycles. The maximum absolute atomic E-state index is 14.0. The highest BCUT2D eigenvalue weighted by molar-refractivity contribution is 7.92. The molecule has 0 aliphatic carbocycles. The number of hydrogen-bond acceptors (Lipinski definition) is 5. The molecule has 0 bridgehead atoms. The molecule has 1 atom stereocenters. The quantitative estimate of drug-likeness (QED) is 0.220. The molecule has 8 nitrogen and oxygen atoms in total. The Bertz CT molecular complexity index is 1450. The number of amides is 2. The van der Waals surface area contributed by atoms with Gasteiger partial charge in [0.15, 0.2) is 0 Å². The van der Waals surface area contributed by atoms with E-state index in [0.29, 0.717) is 36.0 Å².